The van der Waals surface area contributed by atoms with Gasteiger partial charge in [0.2, 0.25) is 0 Å². The van der Waals surface area contributed by atoms with Crippen molar-refractivity contribution in [1.29, 1.82) is 0 Å². The molecule has 1 unspecified atom stereocenters. The van der Waals surface area contributed by atoms with Crippen molar-refractivity contribution in [3.8, 4) is 0 Å². The first kappa shape index (κ1) is 22.7. The first-order valence-electron chi connectivity index (χ1n) is 10.8. The van der Waals surface area contributed by atoms with Crippen LogP contribution in [-0.4, -0.2) is 40.7 Å². The third-order valence-corrected chi connectivity index (χ3v) is 6.14. The number of rotatable bonds is 4. The van der Waals surface area contributed by atoms with Crippen LogP contribution in [0.1, 0.15) is 16.8 Å². The van der Waals surface area contributed by atoms with Gasteiger partial charge in [-0.1, -0.05) is 54.6 Å². The summed E-state index contributed by atoms with van der Waals surface area (Å²) in [5.74, 6) is 0. The minimum atomic E-state index is -0.298. The van der Waals surface area contributed by atoms with Gasteiger partial charge in [0.1, 0.15) is 0 Å². The molecule has 0 radical (unpaired) electrons. The predicted molar refractivity (Wildman–Crippen MR) is 133 cm³/mol. The smallest absolute Gasteiger partial charge is 0.410 e. The third-order valence-electron chi connectivity index (χ3n) is 6.14. The van der Waals surface area contributed by atoms with E-state index in [1.54, 1.807) is 6.33 Å². The molecule has 1 aliphatic rings. The lowest BCUT2D eigenvalue weighted by Gasteiger charge is -2.32. The number of anilines is 1. The number of aromatic nitrogens is 2. The van der Waals surface area contributed by atoms with Gasteiger partial charge < -0.3 is 14.6 Å². The molecule has 2 heterocycles. The molecule has 1 N–H and O–H groups in total. The van der Waals surface area contributed by atoms with Gasteiger partial charge in [0.15, 0.2) is 0 Å². The zero-order valence-electron chi connectivity index (χ0n) is 18.5. The summed E-state index contributed by atoms with van der Waals surface area (Å²) in [5, 5.41) is 2.35. The Hall–Kier alpha value is -3.51. The summed E-state index contributed by atoms with van der Waals surface area (Å²) in [4.78, 5) is 24.5. The fourth-order valence-corrected chi connectivity index (χ4v) is 4.58. The molecule has 0 saturated carbocycles. The molecule has 5 rings (SSSR count). The maximum absolute atomic E-state index is 12.9. The Morgan fingerprint density at radius 1 is 1.09 bits per heavy atom. The Morgan fingerprint density at radius 2 is 1.82 bits per heavy atom. The van der Waals surface area contributed by atoms with Crippen LogP contribution in [0.3, 0.4) is 0 Å². The van der Waals surface area contributed by atoms with Crippen LogP contribution in [0.2, 0.25) is 0 Å². The molecule has 0 bridgehead atoms. The van der Waals surface area contributed by atoms with Crippen LogP contribution in [0.25, 0.3) is 10.8 Å². The van der Waals surface area contributed by atoms with Gasteiger partial charge in [0, 0.05) is 18.4 Å². The minimum absolute atomic E-state index is 0. The number of nitrogens with zero attached hydrogens (tertiary/aromatic N) is 3. The zero-order chi connectivity index (χ0) is 21.9. The average Bonchev–Trinajstić information content (AvgIpc) is 3.29. The van der Waals surface area contributed by atoms with Crippen molar-refractivity contribution < 1.29 is 9.53 Å². The van der Waals surface area contributed by atoms with Gasteiger partial charge >= 0.3 is 6.09 Å². The van der Waals surface area contributed by atoms with E-state index in [0.717, 1.165) is 23.4 Å². The van der Waals surface area contributed by atoms with Gasteiger partial charge in [-0.15, -0.1) is 12.4 Å². The lowest BCUT2D eigenvalue weighted by Crippen LogP contribution is -2.45. The van der Waals surface area contributed by atoms with Crippen LogP contribution in [0.15, 0.2) is 79.3 Å². The van der Waals surface area contributed by atoms with E-state index in [2.05, 4.69) is 57.3 Å². The minimum Gasteiger partial charge on any atom is -0.453 e. The lowest BCUT2D eigenvalue weighted by atomic mass is 10.0. The molecule has 170 valence electrons. The molecule has 0 spiro atoms. The number of carbonyl (C=O) groups excluding carboxylic acids is 1. The summed E-state index contributed by atoms with van der Waals surface area (Å²) >= 11 is 0. The van der Waals surface area contributed by atoms with E-state index < -0.39 is 0 Å². The van der Waals surface area contributed by atoms with Crippen LogP contribution in [0.5, 0.6) is 0 Å². The number of ether oxygens (including phenoxy) is 1. The fourth-order valence-electron chi connectivity index (χ4n) is 4.58. The molecular weight excluding hydrogens is 436 g/mol. The number of H-pyrrole nitrogens is 1. The number of methoxy groups -OCH3 is 1. The topological polar surface area (TPSA) is 61.5 Å². The molecule has 1 atom stereocenters. The first-order valence-corrected chi connectivity index (χ1v) is 10.8. The largest absolute Gasteiger partial charge is 0.453 e. The quantitative estimate of drug-likeness (QED) is 0.453. The molecule has 6 nitrogen and oxygen atoms in total. The number of halogens is 1. The van der Waals surface area contributed by atoms with Crippen molar-refractivity contribution in [3.63, 3.8) is 0 Å². The van der Waals surface area contributed by atoms with E-state index in [0.29, 0.717) is 19.6 Å². The lowest BCUT2D eigenvalue weighted by molar-refractivity contribution is 0.103. The molecule has 1 aliphatic heterocycles. The maximum Gasteiger partial charge on any atom is 0.410 e. The Balaban J connectivity index is 0.00000259. The number of aromatic amines is 1. The van der Waals surface area contributed by atoms with Crippen LogP contribution < -0.4 is 4.90 Å². The van der Waals surface area contributed by atoms with Crippen molar-refractivity contribution >= 4 is 35.0 Å². The van der Waals surface area contributed by atoms with Gasteiger partial charge in [-0.25, -0.2) is 9.78 Å². The van der Waals surface area contributed by atoms with Crippen LogP contribution in [0, 0.1) is 0 Å². The number of hydrogen-bond donors (Lipinski definition) is 1. The average molecular weight is 463 g/mol. The van der Waals surface area contributed by atoms with Gasteiger partial charge in [-0.05, 0) is 40.5 Å². The van der Waals surface area contributed by atoms with Crippen LogP contribution in [0.4, 0.5) is 10.5 Å². The van der Waals surface area contributed by atoms with E-state index in [-0.39, 0.29) is 24.5 Å². The van der Waals surface area contributed by atoms with Gasteiger partial charge in [0.25, 0.3) is 0 Å². The van der Waals surface area contributed by atoms with E-state index in [4.69, 9.17) is 4.74 Å². The van der Waals surface area contributed by atoms with Crippen LogP contribution >= 0.6 is 12.4 Å². The molecule has 1 amide bonds. The Morgan fingerprint density at radius 3 is 2.52 bits per heavy atom. The molecule has 0 saturated heterocycles. The summed E-state index contributed by atoms with van der Waals surface area (Å²) < 4.78 is 5.21. The van der Waals surface area contributed by atoms with E-state index in [1.807, 2.05) is 35.4 Å². The number of benzene rings is 3. The molecule has 3 aromatic carbocycles. The normalized spacial score (nSPS) is 15.5. The Kier molecular flexibility index (Phi) is 6.84. The monoisotopic (exact) mass is 462 g/mol. The predicted octanol–water partition coefficient (Wildman–Crippen LogP) is 5.18. The second-order valence-electron chi connectivity index (χ2n) is 8.23. The second kappa shape index (κ2) is 9.96. The highest BCUT2D eigenvalue weighted by molar-refractivity contribution is 5.88. The summed E-state index contributed by atoms with van der Waals surface area (Å²) in [6.45, 7) is 1.88. The first-order chi connectivity index (χ1) is 15.7. The fraction of sp³-hybridized carbons (Fsp3) is 0.231. The number of hydrogen-bond acceptors (Lipinski definition) is 4. The molecule has 0 aliphatic carbocycles. The number of fused-ring (bicyclic) bond motifs is 2. The molecular formula is C26H27ClN4O2. The maximum atomic E-state index is 12.9. The molecule has 7 heteroatoms. The van der Waals surface area contributed by atoms with Gasteiger partial charge in [-0.3, -0.25) is 4.90 Å². The van der Waals surface area contributed by atoms with E-state index in [9.17, 15) is 4.79 Å². The number of nitrogens with one attached hydrogen (secondary N) is 1. The van der Waals surface area contributed by atoms with Crippen molar-refractivity contribution in [3.05, 3.63) is 96.1 Å². The SMILES string of the molecule is COC(=O)N1Cc2cc3ccccc3cc2N(Cc2cnc[nH]2)CC1Cc1ccccc1.Cl. The summed E-state index contributed by atoms with van der Waals surface area (Å²) in [7, 11) is 1.45. The molecule has 0 fully saturated rings. The zero-order valence-corrected chi connectivity index (χ0v) is 19.3. The second-order valence-corrected chi connectivity index (χ2v) is 8.23. The third kappa shape index (κ3) is 4.81. The van der Waals surface area contributed by atoms with Crippen molar-refractivity contribution in [1.82, 2.24) is 14.9 Å². The van der Waals surface area contributed by atoms with Crippen molar-refractivity contribution in [2.75, 3.05) is 18.6 Å². The summed E-state index contributed by atoms with van der Waals surface area (Å²) in [5.41, 5.74) is 4.49. The Bertz CT molecular complexity index is 1210. The van der Waals surface area contributed by atoms with Crippen molar-refractivity contribution in [2.45, 2.75) is 25.6 Å². The number of carbonyl (C=O) groups is 1. The molecule has 1 aromatic heterocycles. The van der Waals surface area contributed by atoms with E-state index in [1.165, 1.54) is 23.4 Å². The van der Waals surface area contributed by atoms with Crippen LogP contribution in [-0.2, 0) is 24.2 Å². The highest BCUT2D eigenvalue weighted by Crippen LogP contribution is 2.33. The highest BCUT2D eigenvalue weighted by atomic mass is 35.5. The van der Waals surface area contributed by atoms with Gasteiger partial charge in [-0.2, -0.15) is 0 Å². The summed E-state index contributed by atoms with van der Waals surface area (Å²) in [6.07, 6.45) is 4.02. The molecule has 4 aromatic rings. The Labute approximate surface area is 199 Å². The molecule has 33 heavy (non-hydrogen) atoms. The van der Waals surface area contributed by atoms with Crippen molar-refractivity contribution in [2.24, 2.45) is 0 Å². The number of amides is 1. The highest BCUT2D eigenvalue weighted by Gasteiger charge is 2.32. The summed E-state index contributed by atoms with van der Waals surface area (Å²) in [6, 6.07) is 23.1. The van der Waals surface area contributed by atoms with E-state index >= 15 is 0 Å². The standard InChI is InChI=1S/C26H26N4O2.ClH/c1-32-26(31)30-15-22-12-20-9-5-6-10-21(20)13-25(22)29(16-23-14-27-18-28-23)17-24(30)11-19-7-3-2-4-8-19;/h2-10,12-14,18,24H,11,15-17H2,1H3,(H,27,28);1H. The number of imidazole rings is 1. The van der Waals surface area contributed by atoms with Gasteiger partial charge in [0.05, 0.1) is 38.3 Å².